The summed E-state index contributed by atoms with van der Waals surface area (Å²) in [5.74, 6) is 6.41. The van der Waals surface area contributed by atoms with Crippen LogP contribution in [0.25, 0.3) is 0 Å². The fraction of sp³-hybridized carbons (Fsp3) is 0.308. The van der Waals surface area contributed by atoms with E-state index in [9.17, 15) is 14.9 Å². The summed E-state index contributed by atoms with van der Waals surface area (Å²) in [6, 6.07) is 4.92. The molecule has 1 rings (SSSR count). The van der Waals surface area contributed by atoms with Crippen LogP contribution in [0.15, 0.2) is 18.2 Å². The van der Waals surface area contributed by atoms with Crippen molar-refractivity contribution in [3.05, 3.63) is 39.4 Å². The number of benzene rings is 1. The van der Waals surface area contributed by atoms with Crippen LogP contribution in [-0.4, -0.2) is 15.8 Å². The molecule has 1 aromatic rings. The average molecular weight is 263 g/mol. The van der Waals surface area contributed by atoms with Crippen molar-refractivity contribution in [1.82, 2.24) is 0 Å². The van der Waals surface area contributed by atoms with E-state index in [0.717, 1.165) is 0 Å². The number of thioether (sulfide) groups is 1. The molecule has 18 heavy (non-hydrogen) atoms. The summed E-state index contributed by atoms with van der Waals surface area (Å²) in [5, 5.41) is 10.8. The quantitative estimate of drug-likeness (QED) is 0.364. The standard InChI is InChI=1S/C13H13NO3S/c1-10-6-7-12(9-13(10)14(16)17)5-3-4-8-18-11(2)15/h6-7,9H,4,8H2,1-2H3. The number of nitrogens with zero attached hydrogens (tertiary/aromatic N) is 1. The zero-order chi connectivity index (χ0) is 13.5. The van der Waals surface area contributed by atoms with Crippen LogP contribution < -0.4 is 0 Å². The first-order valence-corrected chi connectivity index (χ1v) is 6.36. The van der Waals surface area contributed by atoms with Gasteiger partial charge in [0.15, 0.2) is 5.12 Å². The molecule has 0 aliphatic rings. The van der Waals surface area contributed by atoms with Crippen LogP contribution in [0, 0.1) is 28.9 Å². The maximum Gasteiger partial charge on any atom is 0.273 e. The Hall–Kier alpha value is -1.80. The van der Waals surface area contributed by atoms with Crippen LogP contribution >= 0.6 is 11.8 Å². The Kier molecular flexibility index (Phi) is 5.40. The molecule has 0 bridgehead atoms. The minimum absolute atomic E-state index is 0.0720. The molecule has 0 atom stereocenters. The van der Waals surface area contributed by atoms with Gasteiger partial charge in [-0.05, 0) is 13.0 Å². The lowest BCUT2D eigenvalue weighted by Gasteiger charge is -1.96. The fourth-order valence-corrected chi connectivity index (χ4v) is 1.79. The maximum atomic E-state index is 10.7. The molecular weight excluding hydrogens is 250 g/mol. The molecule has 0 aromatic heterocycles. The summed E-state index contributed by atoms with van der Waals surface area (Å²) in [6.45, 7) is 3.21. The first kappa shape index (κ1) is 14.3. The maximum absolute atomic E-state index is 10.7. The smallest absolute Gasteiger partial charge is 0.273 e. The highest BCUT2D eigenvalue weighted by Crippen LogP contribution is 2.18. The molecule has 0 aliphatic carbocycles. The molecule has 0 aliphatic heterocycles. The van der Waals surface area contributed by atoms with Gasteiger partial charge in [-0.3, -0.25) is 14.9 Å². The molecule has 94 valence electrons. The number of carbonyl (C=O) groups excluding carboxylic acids is 1. The van der Waals surface area contributed by atoms with Gasteiger partial charge in [-0.2, -0.15) is 0 Å². The number of rotatable bonds is 3. The molecular formula is C13H13NO3S. The summed E-state index contributed by atoms with van der Waals surface area (Å²) in [7, 11) is 0. The summed E-state index contributed by atoms with van der Waals surface area (Å²) in [5.41, 5.74) is 1.33. The number of hydrogen-bond acceptors (Lipinski definition) is 4. The molecule has 0 spiro atoms. The first-order chi connectivity index (χ1) is 8.50. The molecule has 0 radical (unpaired) electrons. The number of aryl methyl sites for hydroxylation is 1. The highest BCUT2D eigenvalue weighted by Gasteiger charge is 2.09. The number of nitro benzene ring substituents is 1. The van der Waals surface area contributed by atoms with Crippen LogP contribution in [0.1, 0.15) is 24.5 Å². The third-order valence-corrected chi connectivity index (χ3v) is 2.99. The van der Waals surface area contributed by atoms with Crippen molar-refractivity contribution in [2.24, 2.45) is 0 Å². The predicted molar refractivity (Wildman–Crippen MR) is 72.5 cm³/mol. The molecule has 0 fully saturated rings. The molecule has 1 aromatic carbocycles. The first-order valence-electron chi connectivity index (χ1n) is 5.38. The predicted octanol–water partition coefficient (Wildman–Crippen LogP) is 2.92. The van der Waals surface area contributed by atoms with E-state index in [4.69, 9.17) is 0 Å². The molecule has 0 amide bonds. The fourth-order valence-electron chi connectivity index (χ4n) is 1.29. The lowest BCUT2D eigenvalue weighted by Crippen LogP contribution is -1.92. The zero-order valence-electron chi connectivity index (χ0n) is 10.2. The van der Waals surface area contributed by atoms with E-state index >= 15 is 0 Å². The summed E-state index contributed by atoms with van der Waals surface area (Å²) in [4.78, 5) is 21.0. The number of nitro groups is 1. The molecule has 0 unspecified atom stereocenters. The topological polar surface area (TPSA) is 60.2 Å². The summed E-state index contributed by atoms with van der Waals surface area (Å²) < 4.78 is 0. The van der Waals surface area contributed by atoms with Crippen molar-refractivity contribution in [2.75, 3.05) is 5.75 Å². The van der Waals surface area contributed by atoms with Gasteiger partial charge < -0.3 is 0 Å². The molecule has 0 heterocycles. The van der Waals surface area contributed by atoms with Crippen molar-refractivity contribution in [2.45, 2.75) is 20.3 Å². The highest BCUT2D eigenvalue weighted by molar-refractivity contribution is 8.13. The van der Waals surface area contributed by atoms with E-state index in [-0.39, 0.29) is 10.8 Å². The van der Waals surface area contributed by atoms with Gasteiger partial charge in [0.25, 0.3) is 5.69 Å². The Morgan fingerprint density at radius 3 is 2.83 bits per heavy atom. The van der Waals surface area contributed by atoms with Crippen molar-refractivity contribution in [1.29, 1.82) is 0 Å². The van der Waals surface area contributed by atoms with E-state index < -0.39 is 4.92 Å². The SMILES string of the molecule is CC(=O)SCCC#Cc1ccc(C)c([N+](=O)[O-])c1. The van der Waals surface area contributed by atoms with Gasteiger partial charge in [-0.15, -0.1) is 0 Å². The second-order valence-corrected chi connectivity index (χ2v) is 4.92. The highest BCUT2D eigenvalue weighted by atomic mass is 32.2. The van der Waals surface area contributed by atoms with Crippen molar-refractivity contribution < 1.29 is 9.72 Å². The van der Waals surface area contributed by atoms with Crippen molar-refractivity contribution >= 4 is 22.6 Å². The molecule has 4 nitrogen and oxygen atoms in total. The van der Waals surface area contributed by atoms with Crippen molar-refractivity contribution in [3.8, 4) is 11.8 Å². The lowest BCUT2D eigenvalue weighted by atomic mass is 10.1. The minimum atomic E-state index is -0.411. The number of carbonyl (C=O) groups is 1. The van der Waals surface area contributed by atoms with Crippen LogP contribution in [-0.2, 0) is 4.79 Å². The Morgan fingerprint density at radius 1 is 1.50 bits per heavy atom. The monoisotopic (exact) mass is 263 g/mol. The van der Waals surface area contributed by atoms with Gasteiger partial charge in [0.2, 0.25) is 0 Å². The van der Waals surface area contributed by atoms with Crippen LogP contribution in [0.3, 0.4) is 0 Å². The number of hydrogen-bond donors (Lipinski definition) is 0. The molecule has 0 N–H and O–H groups in total. The van der Waals surface area contributed by atoms with Crippen molar-refractivity contribution in [3.63, 3.8) is 0 Å². The van der Waals surface area contributed by atoms with E-state index in [1.54, 1.807) is 19.1 Å². The Balaban J connectivity index is 2.68. The van der Waals surface area contributed by atoms with E-state index in [1.807, 2.05) is 0 Å². The summed E-state index contributed by atoms with van der Waals surface area (Å²) in [6.07, 6.45) is 0.589. The normalized spacial score (nSPS) is 9.44. The second-order valence-electron chi connectivity index (χ2n) is 3.65. The van der Waals surface area contributed by atoms with E-state index in [1.165, 1.54) is 24.8 Å². The minimum Gasteiger partial charge on any atom is -0.288 e. The third kappa shape index (κ3) is 4.60. The van der Waals surface area contributed by atoms with E-state index in [0.29, 0.717) is 23.3 Å². The molecule has 0 saturated carbocycles. The lowest BCUT2D eigenvalue weighted by molar-refractivity contribution is -0.385. The van der Waals surface area contributed by atoms with Gasteiger partial charge in [-0.25, -0.2) is 0 Å². The van der Waals surface area contributed by atoms with Gasteiger partial charge >= 0.3 is 0 Å². The van der Waals surface area contributed by atoms with Gasteiger partial charge in [0.05, 0.1) is 4.92 Å². The van der Waals surface area contributed by atoms with Gasteiger partial charge in [0.1, 0.15) is 0 Å². The summed E-state index contributed by atoms with van der Waals surface area (Å²) >= 11 is 1.23. The molecule has 5 heteroatoms. The van der Waals surface area contributed by atoms with Crippen LogP contribution in [0.5, 0.6) is 0 Å². The largest absolute Gasteiger partial charge is 0.288 e. The van der Waals surface area contributed by atoms with Gasteiger partial charge in [-0.1, -0.05) is 29.7 Å². The van der Waals surface area contributed by atoms with Crippen LogP contribution in [0.4, 0.5) is 5.69 Å². The molecule has 0 saturated heterocycles. The average Bonchev–Trinajstić information content (AvgIpc) is 2.30. The van der Waals surface area contributed by atoms with Crippen LogP contribution in [0.2, 0.25) is 0 Å². The third-order valence-electron chi connectivity index (χ3n) is 2.17. The van der Waals surface area contributed by atoms with E-state index in [2.05, 4.69) is 11.8 Å². The van der Waals surface area contributed by atoms with Gasteiger partial charge in [0, 0.05) is 36.3 Å². The Bertz CT molecular complexity index is 529. The Morgan fingerprint density at radius 2 is 2.22 bits per heavy atom. The zero-order valence-corrected chi connectivity index (χ0v) is 11.0. The second kappa shape index (κ2) is 6.82. The Labute approximate surface area is 110 Å².